The van der Waals surface area contributed by atoms with Crippen LogP contribution in [0.5, 0.6) is 5.75 Å². The standard InChI is InChI=1S/C28H40ClFO2/c1-2-3-19-4-6-20(7-5-19)21-8-10-22(11-9-21)23-12-14-24(15-13-23)28(31)32-27-17-16-25(30)18-26(27)29/h16-24H,2-15H2,1H3. The van der Waals surface area contributed by atoms with Crippen molar-refractivity contribution in [1.29, 1.82) is 0 Å². The van der Waals surface area contributed by atoms with Crippen LogP contribution in [0.25, 0.3) is 0 Å². The van der Waals surface area contributed by atoms with Crippen molar-refractivity contribution in [1.82, 2.24) is 0 Å². The van der Waals surface area contributed by atoms with E-state index in [2.05, 4.69) is 6.92 Å². The van der Waals surface area contributed by atoms with Gasteiger partial charge in [0.15, 0.2) is 0 Å². The molecule has 0 bridgehead atoms. The largest absolute Gasteiger partial charge is 0.425 e. The molecule has 0 amide bonds. The molecule has 2 nitrogen and oxygen atoms in total. The van der Waals surface area contributed by atoms with E-state index in [9.17, 15) is 9.18 Å². The van der Waals surface area contributed by atoms with Crippen LogP contribution >= 0.6 is 11.6 Å². The molecule has 0 aliphatic heterocycles. The molecule has 4 heteroatoms. The van der Waals surface area contributed by atoms with Gasteiger partial charge in [0.1, 0.15) is 11.6 Å². The summed E-state index contributed by atoms with van der Waals surface area (Å²) in [5.74, 6) is 4.18. The minimum absolute atomic E-state index is 0.0537. The lowest BCUT2D eigenvalue weighted by atomic mass is 9.65. The normalized spacial score (nSPS) is 33.6. The molecule has 0 heterocycles. The van der Waals surface area contributed by atoms with Crippen LogP contribution in [0.4, 0.5) is 4.39 Å². The van der Waals surface area contributed by atoms with Crippen LogP contribution in [0, 0.1) is 41.3 Å². The molecule has 1 aromatic rings. The summed E-state index contributed by atoms with van der Waals surface area (Å²) in [5.41, 5.74) is 0. The lowest BCUT2D eigenvalue weighted by molar-refractivity contribution is -0.140. The highest BCUT2D eigenvalue weighted by atomic mass is 35.5. The number of rotatable bonds is 6. The van der Waals surface area contributed by atoms with Crippen molar-refractivity contribution in [3.63, 3.8) is 0 Å². The first-order chi connectivity index (χ1) is 15.5. The van der Waals surface area contributed by atoms with Crippen molar-refractivity contribution in [2.45, 2.75) is 96.8 Å². The molecule has 3 aliphatic rings. The van der Waals surface area contributed by atoms with E-state index in [0.717, 1.165) is 55.3 Å². The zero-order chi connectivity index (χ0) is 22.5. The lowest BCUT2D eigenvalue weighted by Gasteiger charge is -2.41. The summed E-state index contributed by atoms with van der Waals surface area (Å²) < 4.78 is 18.7. The van der Waals surface area contributed by atoms with Crippen LogP contribution in [-0.2, 0) is 4.79 Å². The van der Waals surface area contributed by atoms with Crippen molar-refractivity contribution in [2.24, 2.45) is 35.5 Å². The first kappa shape index (κ1) is 24.0. The minimum Gasteiger partial charge on any atom is -0.425 e. The third-order valence-corrected chi connectivity index (χ3v) is 9.24. The van der Waals surface area contributed by atoms with E-state index in [1.54, 1.807) is 0 Å². The second-order valence-corrected chi connectivity index (χ2v) is 11.3. The Balaban J connectivity index is 1.18. The Hall–Kier alpha value is -1.09. The molecule has 0 spiro atoms. The smallest absolute Gasteiger partial charge is 0.314 e. The van der Waals surface area contributed by atoms with Crippen molar-refractivity contribution in [3.05, 3.63) is 29.0 Å². The molecule has 32 heavy (non-hydrogen) atoms. The van der Waals surface area contributed by atoms with E-state index in [4.69, 9.17) is 16.3 Å². The van der Waals surface area contributed by atoms with E-state index < -0.39 is 5.82 Å². The Morgan fingerprint density at radius 1 is 0.875 bits per heavy atom. The third-order valence-electron chi connectivity index (χ3n) is 8.95. The average Bonchev–Trinajstić information content (AvgIpc) is 2.82. The van der Waals surface area contributed by atoms with Crippen molar-refractivity contribution >= 4 is 17.6 Å². The molecule has 0 radical (unpaired) electrons. The fourth-order valence-corrected chi connectivity index (χ4v) is 7.23. The molecule has 0 aromatic heterocycles. The number of esters is 1. The van der Waals surface area contributed by atoms with Crippen LogP contribution < -0.4 is 4.74 Å². The fraction of sp³-hybridized carbons (Fsp3) is 0.750. The van der Waals surface area contributed by atoms with Crippen molar-refractivity contribution < 1.29 is 13.9 Å². The van der Waals surface area contributed by atoms with E-state index in [0.29, 0.717) is 0 Å². The molecule has 0 N–H and O–H groups in total. The van der Waals surface area contributed by atoms with Gasteiger partial charge >= 0.3 is 5.97 Å². The summed E-state index contributed by atoms with van der Waals surface area (Å²) >= 11 is 6.01. The second-order valence-electron chi connectivity index (χ2n) is 10.9. The average molecular weight is 463 g/mol. The van der Waals surface area contributed by atoms with Gasteiger partial charge in [-0.3, -0.25) is 4.79 Å². The number of hydrogen-bond acceptors (Lipinski definition) is 2. The monoisotopic (exact) mass is 462 g/mol. The van der Waals surface area contributed by atoms with Crippen LogP contribution in [0.3, 0.4) is 0 Å². The molecule has 1 aromatic carbocycles. The maximum absolute atomic E-state index is 13.2. The number of carbonyl (C=O) groups excluding carboxylic acids is 1. The Morgan fingerprint density at radius 3 is 1.88 bits per heavy atom. The van der Waals surface area contributed by atoms with E-state index >= 15 is 0 Å². The van der Waals surface area contributed by atoms with Gasteiger partial charge in [0, 0.05) is 0 Å². The van der Waals surface area contributed by atoms with Gasteiger partial charge in [-0.25, -0.2) is 4.39 Å². The van der Waals surface area contributed by atoms with Gasteiger partial charge in [0.05, 0.1) is 10.9 Å². The summed E-state index contributed by atoms with van der Waals surface area (Å²) in [5, 5.41) is 0.155. The summed E-state index contributed by atoms with van der Waals surface area (Å²) in [6.45, 7) is 2.32. The molecule has 3 fully saturated rings. The fourth-order valence-electron chi connectivity index (χ4n) is 7.02. The SMILES string of the molecule is CCCC1CCC(C2CCC(C3CCC(C(=O)Oc4ccc(F)cc4Cl)CC3)CC2)CC1. The van der Waals surface area contributed by atoms with Crippen LogP contribution in [0.2, 0.25) is 5.02 Å². The highest BCUT2D eigenvalue weighted by Gasteiger charge is 2.36. The Morgan fingerprint density at radius 2 is 1.38 bits per heavy atom. The van der Waals surface area contributed by atoms with Gasteiger partial charge in [-0.2, -0.15) is 0 Å². The zero-order valence-corrected chi connectivity index (χ0v) is 20.4. The van der Waals surface area contributed by atoms with Gasteiger partial charge < -0.3 is 4.74 Å². The first-order valence-electron chi connectivity index (χ1n) is 13.2. The topological polar surface area (TPSA) is 26.3 Å². The van der Waals surface area contributed by atoms with E-state index in [1.165, 1.54) is 82.4 Å². The van der Waals surface area contributed by atoms with Gasteiger partial charge in [-0.05, 0) is 112 Å². The Kier molecular flexibility index (Phi) is 8.54. The number of halogens is 2. The minimum atomic E-state index is -0.422. The second kappa shape index (κ2) is 11.4. The Bertz CT molecular complexity index is 742. The molecule has 0 saturated heterocycles. The molecule has 3 aliphatic carbocycles. The summed E-state index contributed by atoms with van der Waals surface area (Å²) in [6.07, 6.45) is 18.4. The van der Waals surface area contributed by atoms with E-state index in [-0.39, 0.29) is 22.7 Å². The maximum Gasteiger partial charge on any atom is 0.314 e. The molecule has 0 atom stereocenters. The molecule has 4 rings (SSSR count). The van der Waals surface area contributed by atoms with Gasteiger partial charge in [0.25, 0.3) is 0 Å². The molecule has 3 saturated carbocycles. The molecular weight excluding hydrogens is 423 g/mol. The number of carbonyl (C=O) groups is 1. The van der Waals surface area contributed by atoms with Gasteiger partial charge in [-0.1, -0.05) is 44.2 Å². The predicted octanol–water partition coefficient (Wildman–Crippen LogP) is 8.60. The Labute approximate surface area is 198 Å². The van der Waals surface area contributed by atoms with Gasteiger partial charge in [-0.15, -0.1) is 0 Å². The highest BCUT2D eigenvalue weighted by molar-refractivity contribution is 6.32. The highest BCUT2D eigenvalue weighted by Crippen LogP contribution is 2.46. The van der Waals surface area contributed by atoms with Crippen LogP contribution in [-0.4, -0.2) is 5.97 Å². The molecule has 178 valence electrons. The maximum atomic E-state index is 13.2. The number of ether oxygens (including phenoxy) is 1. The van der Waals surface area contributed by atoms with Gasteiger partial charge in [0.2, 0.25) is 0 Å². The quantitative estimate of drug-likeness (QED) is 0.312. The molecular formula is C28H40ClFO2. The van der Waals surface area contributed by atoms with Crippen LogP contribution in [0.1, 0.15) is 96.8 Å². The number of hydrogen-bond donors (Lipinski definition) is 0. The summed E-state index contributed by atoms with van der Waals surface area (Å²) in [7, 11) is 0. The summed E-state index contributed by atoms with van der Waals surface area (Å²) in [4.78, 5) is 12.6. The van der Waals surface area contributed by atoms with E-state index in [1.807, 2.05) is 0 Å². The third kappa shape index (κ3) is 6.07. The van der Waals surface area contributed by atoms with Crippen molar-refractivity contribution in [2.75, 3.05) is 0 Å². The molecule has 0 unspecified atom stereocenters. The first-order valence-corrected chi connectivity index (χ1v) is 13.6. The lowest BCUT2D eigenvalue weighted by Crippen LogP contribution is -2.31. The number of benzene rings is 1. The zero-order valence-electron chi connectivity index (χ0n) is 19.7. The van der Waals surface area contributed by atoms with Crippen LogP contribution in [0.15, 0.2) is 18.2 Å². The van der Waals surface area contributed by atoms with Crippen molar-refractivity contribution in [3.8, 4) is 5.75 Å². The summed E-state index contributed by atoms with van der Waals surface area (Å²) in [6, 6.07) is 3.91. The predicted molar refractivity (Wildman–Crippen MR) is 128 cm³/mol.